The number of carboxylic acid groups (broad SMARTS) is 1. The fourth-order valence-corrected chi connectivity index (χ4v) is 8.49. The van der Waals surface area contributed by atoms with Gasteiger partial charge in [0.25, 0.3) is 11.8 Å². The molecular weight excluding hydrogens is 754 g/mol. The molecule has 0 aliphatic carbocycles. The summed E-state index contributed by atoms with van der Waals surface area (Å²) in [4.78, 5) is 60.6. The number of likely N-dealkylation sites (tertiary alicyclic amines) is 2. The van der Waals surface area contributed by atoms with Crippen molar-refractivity contribution in [2.75, 3.05) is 27.2 Å². The monoisotopic (exact) mass is 797 g/mol. The fourth-order valence-electron chi connectivity index (χ4n) is 8.25. The quantitative estimate of drug-likeness (QED) is 0.119. The van der Waals surface area contributed by atoms with E-state index in [1.54, 1.807) is 42.5 Å². The highest BCUT2D eigenvalue weighted by Crippen LogP contribution is 2.38. The first kappa shape index (κ1) is 38.6. The van der Waals surface area contributed by atoms with Gasteiger partial charge in [0.05, 0.1) is 35.9 Å². The topological polar surface area (TPSA) is 148 Å². The van der Waals surface area contributed by atoms with Crippen LogP contribution in [0.4, 0.5) is 4.79 Å². The molecule has 8 rings (SSSR count). The van der Waals surface area contributed by atoms with Gasteiger partial charge in [-0.25, -0.2) is 14.8 Å². The molecular formula is C45H44ClN7O5. The van der Waals surface area contributed by atoms with Crippen molar-refractivity contribution in [1.82, 2.24) is 34.6 Å². The van der Waals surface area contributed by atoms with Crippen molar-refractivity contribution in [1.29, 1.82) is 0 Å². The molecule has 0 saturated carbocycles. The Bertz CT molecular complexity index is 2400. The van der Waals surface area contributed by atoms with E-state index in [2.05, 4.69) is 51.4 Å². The summed E-state index contributed by atoms with van der Waals surface area (Å²) >= 11 is 6.46. The molecule has 13 heteroatoms. The fraction of sp³-hybridized carbons (Fsp3) is 0.267. The molecule has 2 fully saturated rings. The molecule has 4 atom stereocenters. The molecule has 12 nitrogen and oxygen atoms in total. The van der Waals surface area contributed by atoms with Crippen LogP contribution in [0, 0.1) is 0 Å². The molecule has 0 bridgehead atoms. The zero-order valence-corrected chi connectivity index (χ0v) is 33.0. The number of methoxy groups -OCH3 is 1. The average Bonchev–Trinajstić information content (AvgIpc) is 4.10. The van der Waals surface area contributed by atoms with Gasteiger partial charge in [0.15, 0.2) is 6.10 Å². The highest BCUT2D eigenvalue weighted by Gasteiger charge is 2.40. The standard InChI is InChI=1S/C45H44ClN7O5/c1-51(45(56)57)39(33-12-6-7-13-34(33)46)43(54)52-24-8-14-37(52)41-47-26-35(49-41)30-20-16-28(17-21-30)29-18-22-31(23-19-29)36-27-48-42(50-36)38-15-9-25-53(38)44(55)40(58-2)32-10-4-3-5-11-32/h3-7,10-13,16-23,26-27,37-40H,8-9,14-15,24-25H2,1-2H3,(H,47,49)(H,48,50)(H,56,57)/t37-,38?,39+,40?/m0/s1. The van der Waals surface area contributed by atoms with Crippen LogP contribution < -0.4 is 0 Å². The van der Waals surface area contributed by atoms with Crippen molar-refractivity contribution < 1.29 is 24.2 Å². The summed E-state index contributed by atoms with van der Waals surface area (Å²) in [7, 11) is 2.96. The molecule has 0 spiro atoms. The van der Waals surface area contributed by atoms with E-state index >= 15 is 0 Å². The van der Waals surface area contributed by atoms with Crippen LogP contribution in [0.3, 0.4) is 0 Å². The Labute approximate surface area is 341 Å². The van der Waals surface area contributed by atoms with E-state index in [0.29, 0.717) is 35.9 Å². The first-order valence-corrected chi connectivity index (χ1v) is 19.8. The maximum absolute atomic E-state index is 14.0. The molecule has 296 valence electrons. The van der Waals surface area contributed by atoms with Gasteiger partial charge in [0, 0.05) is 37.8 Å². The Balaban J connectivity index is 0.936. The first-order chi connectivity index (χ1) is 28.2. The summed E-state index contributed by atoms with van der Waals surface area (Å²) in [5.74, 6) is 1.02. The number of benzene rings is 4. The highest BCUT2D eigenvalue weighted by atomic mass is 35.5. The predicted octanol–water partition coefficient (Wildman–Crippen LogP) is 8.85. The summed E-state index contributed by atoms with van der Waals surface area (Å²) < 4.78 is 5.65. The van der Waals surface area contributed by atoms with E-state index in [1.165, 1.54) is 7.05 Å². The molecule has 6 aromatic rings. The highest BCUT2D eigenvalue weighted by molar-refractivity contribution is 6.31. The zero-order chi connectivity index (χ0) is 40.3. The minimum atomic E-state index is -1.22. The number of amides is 3. The number of likely N-dealkylation sites (N-methyl/N-ethyl adjacent to an activating group) is 1. The normalized spacial score (nSPS) is 17.6. The van der Waals surface area contributed by atoms with Crippen LogP contribution >= 0.6 is 11.6 Å². The third-order valence-electron chi connectivity index (χ3n) is 11.3. The molecule has 4 heterocycles. The van der Waals surface area contributed by atoms with Gasteiger partial charge in [-0.05, 0) is 59.6 Å². The molecule has 2 unspecified atom stereocenters. The summed E-state index contributed by atoms with van der Waals surface area (Å²) in [6.07, 6.45) is 4.90. The van der Waals surface area contributed by atoms with Crippen LogP contribution in [-0.2, 0) is 14.3 Å². The minimum absolute atomic E-state index is 0.0593. The van der Waals surface area contributed by atoms with E-state index in [1.807, 2.05) is 53.6 Å². The third kappa shape index (κ3) is 7.60. The van der Waals surface area contributed by atoms with Crippen molar-refractivity contribution in [2.45, 2.75) is 49.9 Å². The van der Waals surface area contributed by atoms with Gasteiger partial charge in [-0.1, -0.05) is 109 Å². The Morgan fingerprint density at radius 2 is 1.21 bits per heavy atom. The van der Waals surface area contributed by atoms with Crippen molar-refractivity contribution >= 4 is 29.5 Å². The zero-order valence-electron chi connectivity index (χ0n) is 32.2. The Morgan fingerprint density at radius 3 is 1.71 bits per heavy atom. The number of aromatic amines is 2. The average molecular weight is 798 g/mol. The van der Waals surface area contributed by atoms with Gasteiger partial charge in [-0.2, -0.15) is 0 Å². The van der Waals surface area contributed by atoms with Gasteiger partial charge in [0.2, 0.25) is 0 Å². The Morgan fingerprint density at radius 1 is 0.724 bits per heavy atom. The Hall–Kier alpha value is -6.24. The van der Waals surface area contributed by atoms with Crippen molar-refractivity contribution in [3.05, 3.63) is 143 Å². The summed E-state index contributed by atoms with van der Waals surface area (Å²) in [6.45, 7) is 1.13. The molecule has 2 aliphatic rings. The van der Waals surface area contributed by atoms with Crippen LogP contribution in [0.1, 0.15) is 72.7 Å². The minimum Gasteiger partial charge on any atom is -0.465 e. The number of hydrogen-bond acceptors (Lipinski definition) is 6. The van der Waals surface area contributed by atoms with E-state index in [0.717, 1.165) is 69.2 Å². The largest absolute Gasteiger partial charge is 0.465 e. The van der Waals surface area contributed by atoms with E-state index < -0.39 is 18.2 Å². The smallest absolute Gasteiger partial charge is 0.407 e. The maximum atomic E-state index is 14.0. The number of hydrogen-bond donors (Lipinski definition) is 3. The molecule has 2 aliphatic heterocycles. The van der Waals surface area contributed by atoms with Crippen molar-refractivity contribution in [2.24, 2.45) is 0 Å². The number of aromatic nitrogens is 4. The van der Waals surface area contributed by atoms with Crippen LogP contribution in [0.15, 0.2) is 116 Å². The third-order valence-corrected chi connectivity index (χ3v) is 11.6. The molecule has 2 aromatic heterocycles. The van der Waals surface area contributed by atoms with Gasteiger partial charge < -0.3 is 29.6 Å². The molecule has 4 aromatic carbocycles. The predicted molar refractivity (Wildman–Crippen MR) is 221 cm³/mol. The first-order valence-electron chi connectivity index (χ1n) is 19.4. The maximum Gasteiger partial charge on any atom is 0.407 e. The molecule has 0 radical (unpaired) electrons. The lowest BCUT2D eigenvalue weighted by molar-refractivity contribution is -0.143. The van der Waals surface area contributed by atoms with E-state index in [-0.39, 0.29) is 23.9 Å². The molecule has 3 amide bonds. The van der Waals surface area contributed by atoms with Crippen molar-refractivity contribution in [3.8, 4) is 33.6 Å². The van der Waals surface area contributed by atoms with E-state index in [9.17, 15) is 19.5 Å². The second kappa shape index (κ2) is 16.7. The molecule has 58 heavy (non-hydrogen) atoms. The second-order valence-corrected chi connectivity index (χ2v) is 15.1. The SMILES string of the molecule is COC(C(=O)N1CCCC1c1ncc(-c2ccc(-c3ccc(-c4cnc([C@@H]5CCCN5C(=O)[C@@H](c5ccccc5Cl)N(C)C(=O)O)[nH]4)cc3)cc2)[nH]1)c1ccccc1. The number of halogens is 1. The Kier molecular flexibility index (Phi) is 11.1. The molecule has 2 saturated heterocycles. The summed E-state index contributed by atoms with van der Waals surface area (Å²) in [5.41, 5.74) is 7.01. The number of imidazole rings is 2. The lowest BCUT2D eigenvalue weighted by Crippen LogP contribution is -2.43. The van der Waals surface area contributed by atoms with Crippen LogP contribution in [0.2, 0.25) is 5.02 Å². The number of ether oxygens (including phenoxy) is 1. The number of carbonyl (C=O) groups is 3. The second-order valence-electron chi connectivity index (χ2n) is 14.7. The lowest BCUT2D eigenvalue weighted by Gasteiger charge is -2.32. The van der Waals surface area contributed by atoms with Crippen LogP contribution in [0.5, 0.6) is 0 Å². The number of H-pyrrole nitrogens is 2. The van der Waals surface area contributed by atoms with Gasteiger partial charge >= 0.3 is 6.09 Å². The number of nitrogens with zero attached hydrogens (tertiary/aromatic N) is 5. The van der Waals surface area contributed by atoms with Crippen molar-refractivity contribution in [3.63, 3.8) is 0 Å². The number of nitrogens with one attached hydrogen (secondary N) is 2. The van der Waals surface area contributed by atoms with Crippen LogP contribution in [-0.4, -0.2) is 84.9 Å². The number of rotatable bonds is 11. The van der Waals surface area contributed by atoms with Crippen LogP contribution in [0.25, 0.3) is 33.6 Å². The van der Waals surface area contributed by atoms with Gasteiger partial charge in [0.1, 0.15) is 17.7 Å². The van der Waals surface area contributed by atoms with E-state index in [4.69, 9.17) is 21.3 Å². The molecule has 3 N–H and O–H groups in total. The number of carbonyl (C=O) groups excluding carboxylic acids is 2. The summed E-state index contributed by atoms with van der Waals surface area (Å²) in [5, 5.41) is 10.2. The lowest BCUT2D eigenvalue weighted by atomic mass is 10.0. The van der Waals surface area contributed by atoms with Gasteiger partial charge in [-0.15, -0.1) is 0 Å². The summed E-state index contributed by atoms with van der Waals surface area (Å²) in [6, 6.07) is 31.3. The van der Waals surface area contributed by atoms with Gasteiger partial charge in [-0.3, -0.25) is 14.5 Å².